The van der Waals surface area contributed by atoms with Gasteiger partial charge in [0, 0.05) is 30.5 Å². The van der Waals surface area contributed by atoms with Gasteiger partial charge in [-0.25, -0.2) is 4.98 Å². The molecule has 0 saturated heterocycles. The van der Waals surface area contributed by atoms with Gasteiger partial charge in [0.25, 0.3) is 5.91 Å². The average Bonchev–Trinajstić information content (AvgIpc) is 3.20. The first kappa shape index (κ1) is 18.2. The van der Waals surface area contributed by atoms with Crippen molar-refractivity contribution in [3.63, 3.8) is 0 Å². The fourth-order valence-electron chi connectivity index (χ4n) is 2.38. The van der Waals surface area contributed by atoms with E-state index >= 15 is 0 Å². The van der Waals surface area contributed by atoms with E-state index in [9.17, 15) is 4.79 Å². The van der Waals surface area contributed by atoms with Crippen LogP contribution < -0.4 is 20.7 Å². The molecule has 0 unspecified atom stereocenters. The highest BCUT2D eigenvalue weighted by Crippen LogP contribution is 2.19. The zero-order valence-corrected chi connectivity index (χ0v) is 15.2. The van der Waals surface area contributed by atoms with Crippen molar-refractivity contribution in [2.45, 2.75) is 6.92 Å². The summed E-state index contributed by atoms with van der Waals surface area (Å²) in [5.41, 5.74) is 2.21. The number of methoxy groups -OCH3 is 1. The van der Waals surface area contributed by atoms with Gasteiger partial charge in [0.2, 0.25) is 5.95 Å². The predicted octanol–water partition coefficient (Wildman–Crippen LogP) is 2.97. The number of nitrogens with one attached hydrogen (secondary N) is 3. The molecule has 0 fully saturated rings. The molecular formula is C19H21N5O3. The van der Waals surface area contributed by atoms with Crippen molar-refractivity contribution >= 4 is 23.4 Å². The standard InChI is InChI=1S/C19H21N5O3/c1-13-11-17(23-15-3-5-16(26-2)6-4-15)24-19(22-13)21-9-8-20-18(25)14-7-10-27-12-14/h3-7,10-12H,8-9H2,1-2H3,(H,20,25)(H2,21,22,23,24). The lowest BCUT2D eigenvalue weighted by molar-refractivity contribution is 0.0954. The summed E-state index contributed by atoms with van der Waals surface area (Å²) in [6.07, 6.45) is 2.87. The summed E-state index contributed by atoms with van der Waals surface area (Å²) < 4.78 is 10.0. The summed E-state index contributed by atoms with van der Waals surface area (Å²) in [4.78, 5) is 20.6. The first-order valence-corrected chi connectivity index (χ1v) is 8.45. The van der Waals surface area contributed by atoms with E-state index in [1.807, 2.05) is 37.3 Å². The first-order chi connectivity index (χ1) is 13.1. The van der Waals surface area contributed by atoms with E-state index in [2.05, 4.69) is 25.9 Å². The minimum absolute atomic E-state index is 0.183. The molecule has 1 amide bonds. The molecule has 3 aromatic rings. The van der Waals surface area contributed by atoms with Crippen molar-refractivity contribution in [1.29, 1.82) is 0 Å². The Kier molecular flexibility index (Phi) is 5.88. The number of rotatable bonds is 8. The van der Waals surface area contributed by atoms with Crippen LogP contribution in [0, 0.1) is 6.92 Å². The third kappa shape index (κ3) is 5.21. The number of furan rings is 1. The second kappa shape index (κ2) is 8.70. The van der Waals surface area contributed by atoms with Gasteiger partial charge in [-0.05, 0) is 37.3 Å². The number of hydrogen-bond donors (Lipinski definition) is 3. The van der Waals surface area contributed by atoms with Crippen LogP contribution in [0.25, 0.3) is 0 Å². The topological polar surface area (TPSA) is 101 Å². The van der Waals surface area contributed by atoms with Crippen molar-refractivity contribution in [1.82, 2.24) is 15.3 Å². The maximum absolute atomic E-state index is 11.8. The molecular weight excluding hydrogens is 346 g/mol. The van der Waals surface area contributed by atoms with Gasteiger partial charge in [-0.15, -0.1) is 0 Å². The number of amides is 1. The van der Waals surface area contributed by atoms with E-state index in [-0.39, 0.29) is 5.91 Å². The van der Waals surface area contributed by atoms with Gasteiger partial charge in [-0.2, -0.15) is 4.98 Å². The third-order valence-electron chi connectivity index (χ3n) is 3.69. The molecule has 0 atom stereocenters. The number of benzene rings is 1. The quantitative estimate of drug-likeness (QED) is 0.526. The van der Waals surface area contributed by atoms with E-state index in [4.69, 9.17) is 9.15 Å². The fraction of sp³-hybridized carbons (Fsp3) is 0.211. The smallest absolute Gasteiger partial charge is 0.254 e. The molecule has 140 valence electrons. The van der Waals surface area contributed by atoms with Crippen LogP contribution in [0.3, 0.4) is 0 Å². The van der Waals surface area contributed by atoms with Gasteiger partial charge in [0.15, 0.2) is 0 Å². The van der Waals surface area contributed by atoms with E-state index < -0.39 is 0 Å². The number of ether oxygens (including phenoxy) is 1. The number of carbonyl (C=O) groups excluding carboxylic acids is 1. The Morgan fingerprint density at radius 2 is 1.96 bits per heavy atom. The molecule has 0 aliphatic heterocycles. The van der Waals surface area contributed by atoms with Crippen molar-refractivity contribution in [3.8, 4) is 5.75 Å². The molecule has 2 heterocycles. The summed E-state index contributed by atoms with van der Waals surface area (Å²) in [6.45, 7) is 2.82. The van der Waals surface area contributed by atoms with Crippen LogP contribution in [0.4, 0.5) is 17.5 Å². The molecule has 1 aromatic carbocycles. The molecule has 8 nitrogen and oxygen atoms in total. The van der Waals surface area contributed by atoms with Gasteiger partial charge >= 0.3 is 0 Å². The van der Waals surface area contributed by atoms with Crippen LogP contribution in [-0.4, -0.2) is 36.1 Å². The van der Waals surface area contributed by atoms with Crippen LogP contribution in [-0.2, 0) is 0 Å². The van der Waals surface area contributed by atoms with Crippen molar-refractivity contribution in [2.24, 2.45) is 0 Å². The number of carbonyl (C=O) groups is 1. The largest absolute Gasteiger partial charge is 0.497 e. The van der Waals surface area contributed by atoms with Gasteiger partial charge in [-0.1, -0.05) is 0 Å². The Hall–Kier alpha value is -3.55. The van der Waals surface area contributed by atoms with E-state index in [0.717, 1.165) is 17.1 Å². The minimum Gasteiger partial charge on any atom is -0.497 e. The van der Waals surface area contributed by atoms with E-state index in [1.54, 1.807) is 13.2 Å². The van der Waals surface area contributed by atoms with Crippen LogP contribution >= 0.6 is 0 Å². The molecule has 8 heteroatoms. The molecule has 27 heavy (non-hydrogen) atoms. The lowest BCUT2D eigenvalue weighted by Crippen LogP contribution is -2.28. The summed E-state index contributed by atoms with van der Waals surface area (Å²) in [5.74, 6) is 1.78. The highest BCUT2D eigenvalue weighted by atomic mass is 16.5. The summed E-state index contributed by atoms with van der Waals surface area (Å²) in [5, 5.41) is 9.14. The number of aryl methyl sites for hydroxylation is 1. The zero-order chi connectivity index (χ0) is 19.1. The monoisotopic (exact) mass is 367 g/mol. The van der Waals surface area contributed by atoms with Crippen molar-refractivity contribution in [2.75, 3.05) is 30.8 Å². The van der Waals surface area contributed by atoms with Gasteiger partial charge in [-0.3, -0.25) is 4.79 Å². The second-order valence-corrected chi connectivity index (χ2v) is 5.77. The number of nitrogens with zero attached hydrogens (tertiary/aromatic N) is 2. The first-order valence-electron chi connectivity index (χ1n) is 8.45. The molecule has 0 aliphatic carbocycles. The van der Waals surface area contributed by atoms with Crippen molar-refractivity contribution < 1.29 is 13.9 Å². The lowest BCUT2D eigenvalue weighted by atomic mass is 10.3. The maximum atomic E-state index is 11.8. The molecule has 0 spiro atoms. The molecule has 0 bridgehead atoms. The summed E-state index contributed by atoms with van der Waals surface area (Å²) in [7, 11) is 1.63. The normalized spacial score (nSPS) is 10.3. The highest BCUT2D eigenvalue weighted by Gasteiger charge is 2.06. The Labute approximate surface area is 157 Å². The van der Waals surface area contributed by atoms with E-state index in [1.165, 1.54) is 12.5 Å². The number of hydrogen-bond acceptors (Lipinski definition) is 7. The summed E-state index contributed by atoms with van der Waals surface area (Å²) >= 11 is 0. The van der Waals surface area contributed by atoms with Crippen LogP contribution in [0.15, 0.2) is 53.3 Å². The van der Waals surface area contributed by atoms with Crippen LogP contribution in [0.1, 0.15) is 16.1 Å². The van der Waals surface area contributed by atoms with Crippen LogP contribution in [0.5, 0.6) is 5.75 Å². The Bertz CT molecular complexity index is 879. The third-order valence-corrected chi connectivity index (χ3v) is 3.69. The number of aromatic nitrogens is 2. The average molecular weight is 367 g/mol. The molecule has 3 rings (SSSR count). The van der Waals surface area contributed by atoms with Gasteiger partial charge in [0.1, 0.15) is 17.8 Å². The van der Waals surface area contributed by atoms with Gasteiger partial charge < -0.3 is 25.1 Å². The predicted molar refractivity (Wildman–Crippen MR) is 103 cm³/mol. The SMILES string of the molecule is COc1ccc(Nc2cc(C)nc(NCCNC(=O)c3ccoc3)n2)cc1. The molecule has 0 aliphatic rings. The maximum Gasteiger partial charge on any atom is 0.254 e. The Morgan fingerprint density at radius 1 is 1.15 bits per heavy atom. The second-order valence-electron chi connectivity index (χ2n) is 5.77. The molecule has 2 aromatic heterocycles. The van der Waals surface area contributed by atoms with Gasteiger partial charge in [0.05, 0.1) is 18.9 Å². The number of anilines is 3. The highest BCUT2D eigenvalue weighted by molar-refractivity contribution is 5.93. The fourth-order valence-corrected chi connectivity index (χ4v) is 2.38. The van der Waals surface area contributed by atoms with E-state index in [0.29, 0.717) is 30.4 Å². The van der Waals surface area contributed by atoms with Crippen LogP contribution in [0.2, 0.25) is 0 Å². The van der Waals surface area contributed by atoms with Crippen molar-refractivity contribution in [3.05, 3.63) is 60.2 Å². The molecule has 3 N–H and O–H groups in total. The Morgan fingerprint density at radius 3 is 2.67 bits per heavy atom. The summed E-state index contributed by atoms with van der Waals surface area (Å²) in [6, 6.07) is 11.0. The minimum atomic E-state index is -0.183. The zero-order valence-electron chi connectivity index (χ0n) is 15.2. The Balaban J connectivity index is 1.54. The molecule has 0 radical (unpaired) electrons. The lowest BCUT2D eigenvalue weighted by Gasteiger charge is -2.10. The molecule has 0 saturated carbocycles.